The molecule has 2 heterocycles. The molecule has 124 valence electrons. The van der Waals surface area contributed by atoms with Crippen LogP contribution in [0.4, 0.5) is 4.39 Å². The van der Waals surface area contributed by atoms with Crippen LogP contribution in [-0.4, -0.2) is 20.0 Å². The highest BCUT2D eigenvalue weighted by atomic mass is 19.1. The molecule has 0 atom stereocenters. The van der Waals surface area contributed by atoms with E-state index >= 15 is 0 Å². The summed E-state index contributed by atoms with van der Waals surface area (Å²) >= 11 is 0. The van der Waals surface area contributed by atoms with Crippen molar-refractivity contribution in [2.45, 2.75) is 13.1 Å². The zero-order chi connectivity index (χ0) is 17.1. The van der Waals surface area contributed by atoms with Gasteiger partial charge in [0.05, 0.1) is 0 Å². The molecule has 4 aromatic rings. The molecule has 25 heavy (non-hydrogen) atoms. The van der Waals surface area contributed by atoms with Crippen molar-refractivity contribution in [1.82, 2.24) is 25.4 Å². The normalized spacial score (nSPS) is 11.1. The van der Waals surface area contributed by atoms with Crippen molar-refractivity contribution in [2.24, 2.45) is 0 Å². The molecule has 0 fully saturated rings. The second kappa shape index (κ2) is 6.78. The van der Waals surface area contributed by atoms with Crippen LogP contribution in [0.2, 0.25) is 0 Å². The number of aromatic nitrogens is 4. The lowest BCUT2D eigenvalue weighted by Gasteiger charge is -2.09. The molecule has 0 aliphatic heterocycles. The SMILES string of the molecule is Fc1ccccc1CNCc1cc(-c2ccccc2)cn2nnnc12. The molecule has 0 aliphatic carbocycles. The first kappa shape index (κ1) is 15.4. The van der Waals surface area contributed by atoms with Crippen LogP contribution in [0.5, 0.6) is 0 Å². The summed E-state index contributed by atoms with van der Waals surface area (Å²) in [6.07, 6.45) is 1.91. The van der Waals surface area contributed by atoms with E-state index < -0.39 is 0 Å². The fourth-order valence-electron chi connectivity index (χ4n) is 2.81. The summed E-state index contributed by atoms with van der Waals surface area (Å²) in [5.74, 6) is -0.206. The predicted molar refractivity (Wildman–Crippen MR) is 93.2 cm³/mol. The van der Waals surface area contributed by atoms with Gasteiger partial charge < -0.3 is 5.32 Å². The minimum absolute atomic E-state index is 0.206. The molecule has 1 N–H and O–H groups in total. The third-order valence-corrected chi connectivity index (χ3v) is 4.07. The largest absolute Gasteiger partial charge is 0.308 e. The molecule has 0 spiro atoms. The van der Waals surface area contributed by atoms with E-state index in [1.54, 1.807) is 16.6 Å². The Morgan fingerprint density at radius 2 is 1.64 bits per heavy atom. The molecule has 0 bridgehead atoms. The fraction of sp³-hybridized carbons (Fsp3) is 0.105. The molecule has 4 rings (SSSR count). The van der Waals surface area contributed by atoms with Gasteiger partial charge in [0.1, 0.15) is 5.82 Å². The van der Waals surface area contributed by atoms with Gasteiger partial charge in [-0.3, -0.25) is 0 Å². The molecular formula is C19H16FN5. The van der Waals surface area contributed by atoms with E-state index in [1.165, 1.54) is 6.07 Å². The van der Waals surface area contributed by atoms with Gasteiger partial charge in [-0.2, -0.15) is 4.52 Å². The predicted octanol–water partition coefficient (Wildman–Crippen LogP) is 3.22. The lowest BCUT2D eigenvalue weighted by atomic mass is 10.1. The fourth-order valence-corrected chi connectivity index (χ4v) is 2.81. The minimum Gasteiger partial charge on any atom is -0.308 e. The number of nitrogens with one attached hydrogen (secondary N) is 1. The van der Waals surface area contributed by atoms with Crippen molar-refractivity contribution < 1.29 is 4.39 Å². The van der Waals surface area contributed by atoms with E-state index in [0.717, 1.165) is 16.7 Å². The highest BCUT2D eigenvalue weighted by molar-refractivity contribution is 5.66. The Morgan fingerprint density at radius 1 is 0.880 bits per heavy atom. The summed E-state index contributed by atoms with van der Waals surface area (Å²) in [5, 5.41) is 15.1. The third kappa shape index (κ3) is 3.25. The van der Waals surface area contributed by atoms with E-state index in [2.05, 4.69) is 26.9 Å². The van der Waals surface area contributed by atoms with Crippen molar-refractivity contribution in [3.63, 3.8) is 0 Å². The standard InChI is InChI=1S/C19H16FN5/c20-18-9-5-4-8-15(18)11-21-12-16-10-17(14-6-2-1-3-7-14)13-25-19(16)22-23-24-25/h1-10,13,21H,11-12H2. The van der Waals surface area contributed by atoms with Crippen LogP contribution in [0.1, 0.15) is 11.1 Å². The number of hydrogen-bond acceptors (Lipinski definition) is 4. The van der Waals surface area contributed by atoms with Crippen molar-refractivity contribution >= 4 is 5.65 Å². The van der Waals surface area contributed by atoms with Gasteiger partial charge >= 0.3 is 0 Å². The third-order valence-electron chi connectivity index (χ3n) is 4.07. The van der Waals surface area contributed by atoms with Crippen LogP contribution < -0.4 is 5.32 Å². The smallest absolute Gasteiger partial charge is 0.183 e. The van der Waals surface area contributed by atoms with Crippen LogP contribution in [0.25, 0.3) is 16.8 Å². The maximum atomic E-state index is 13.7. The number of rotatable bonds is 5. The molecule has 0 aliphatic rings. The lowest BCUT2D eigenvalue weighted by Crippen LogP contribution is -2.14. The van der Waals surface area contributed by atoms with Gasteiger partial charge in [0.25, 0.3) is 0 Å². The Kier molecular flexibility index (Phi) is 4.18. The van der Waals surface area contributed by atoms with Crippen molar-refractivity contribution in [2.75, 3.05) is 0 Å². The summed E-state index contributed by atoms with van der Waals surface area (Å²) in [5.41, 5.74) is 4.42. The maximum absolute atomic E-state index is 13.7. The summed E-state index contributed by atoms with van der Waals surface area (Å²) in [7, 11) is 0. The van der Waals surface area contributed by atoms with Crippen LogP contribution in [0, 0.1) is 5.82 Å². The van der Waals surface area contributed by atoms with Gasteiger partial charge in [0.2, 0.25) is 0 Å². The lowest BCUT2D eigenvalue weighted by molar-refractivity contribution is 0.588. The maximum Gasteiger partial charge on any atom is 0.183 e. The van der Waals surface area contributed by atoms with Crippen molar-refractivity contribution in [3.05, 3.63) is 83.8 Å². The van der Waals surface area contributed by atoms with Gasteiger partial charge in [-0.1, -0.05) is 48.5 Å². The van der Waals surface area contributed by atoms with Crippen molar-refractivity contribution in [3.8, 4) is 11.1 Å². The molecule has 0 amide bonds. The number of hydrogen-bond donors (Lipinski definition) is 1. The van der Waals surface area contributed by atoms with E-state index in [9.17, 15) is 4.39 Å². The van der Waals surface area contributed by atoms with Gasteiger partial charge in [-0.15, -0.1) is 5.10 Å². The Labute approximate surface area is 144 Å². The molecule has 2 aromatic carbocycles. The molecule has 5 nitrogen and oxygen atoms in total. The molecule has 2 aromatic heterocycles. The number of tetrazole rings is 1. The first-order valence-electron chi connectivity index (χ1n) is 8.01. The molecular weight excluding hydrogens is 317 g/mol. The highest BCUT2D eigenvalue weighted by Crippen LogP contribution is 2.21. The molecule has 0 saturated carbocycles. The monoisotopic (exact) mass is 333 g/mol. The van der Waals surface area contributed by atoms with E-state index in [-0.39, 0.29) is 5.82 Å². The van der Waals surface area contributed by atoms with Gasteiger partial charge in [-0.25, -0.2) is 4.39 Å². The van der Waals surface area contributed by atoms with Gasteiger partial charge in [-0.05, 0) is 28.1 Å². The number of fused-ring (bicyclic) bond motifs is 1. The van der Waals surface area contributed by atoms with Crippen LogP contribution in [0.15, 0.2) is 66.9 Å². The number of halogens is 1. The van der Waals surface area contributed by atoms with Gasteiger partial charge in [0.15, 0.2) is 5.65 Å². The highest BCUT2D eigenvalue weighted by Gasteiger charge is 2.09. The first-order chi connectivity index (χ1) is 12.3. The number of nitrogens with zero attached hydrogens (tertiary/aromatic N) is 4. The topological polar surface area (TPSA) is 55.1 Å². The van der Waals surface area contributed by atoms with Crippen molar-refractivity contribution in [1.29, 1.82) is 0 Å². The zero-order valence-electron chi connectivity index (χ0n) is 13.4. The van der Waals surface area contributed by atoms with E-state index in [4.69, 9.17) is 0 Å². The minimum atomic E-state index is -0.206. The Balaban J connectivity index is 1.60. The quantitative estimate of drug-likeness (QED) is 0.609. The van der Waals surface area contributed by atoms with Gasteiger partial charge in [0, 0.05) is 36.0 Å². The van der Waals surface area contributed by atoms with Crippen LogP contribution in [0.3, 0.4) is 0 Å². The average molecular weight is 333 g/mol. The Hall–Kier alpha value is -3.12. The summed E-state index contributed by atoms with van der Waals surface area (Å²) in [6, 6.07) is 18.9. The second-order valence-electron chi connectivity index (χ2n) is 5.76. The Morgan fingerprint density at radius 3 is 2.48 bits per heavy atom. The van der Waals surface area contributed by atoms with E-state index in [1.807, 2.05) is 42.6 Å². The molecule has 6 heteroatoms. The molecule has 0 radical (unpaired) electrons. The van der Waals surface area contributed by atoms with Crippen LogP contribution in [-0.2, 0) is 13.1 Å². The summed E-state index contributed by atoms with van der Waals surface area (Å²) < 4.78 is 15.4. The summed E-state index contributed by atoms with van der Waals surface area (Å²) in [6.45, 7) is 0.981. The average Bonchev–Trinajstić information content (AvgIpc) is 3.13. The van der Waals surface area contributed by atoms with Crippen LogP contribution >= 0.6 is 0 Å². The number of benzene rings is 2. The number of pyridine rings is 1. The zero-order valence-corrected chi connectivity index (χ0v) is 13.4. The first-order valence-corrected chi connectivity index (χ1v) is 8.01. The molecule has 0 unspecified atom stereocenters. The molecule has 0 saturated heterocycles. The second-order valence-corrected chi connectivity index (χ2v) is 5.76. The summed E-state index contributed by atoms with van der Waals surface area (Å²) in [4.78, 5) is 0. The Bertz CT molecular complexity index is 997. The van der Waals surface area contributed by atoms with E-state index in [0.29, 0.717) is 24.3 Å².